The molecular weight excluding hydrogens is 344 g/mol. The van der Waals surface area contributed by atoms with Crippen molar-refractivity contribution in [2.75, 3.05) is 13.2 Å². The summed E-state index contributed by atoms with van der Waals surface area (Å²) in [6.45, 7) is 1.08. The van der Waals surface area contributed by atoms with E-state index in [9.17, 15) is 9.59 Å². The molecule has 1 fully saturated rings. The van der Waals surface area contributed by atoms with Gasteiger partial charge in [-0.2, -0.15) is 0 Å². The van der Waals surface area contributed by atoms with Crippen LogP contribution in [-0.4, -0.2) is 35.2 Å². The average Bonchev–Trinajstić information content (AvgIpc) is 2.63. The van der Waals surface area contributed by atoms with E-state index in [2.05, 4.69) is 10.3 Å². The molecule has 3 rings (SSSR count). The van der Waals surface area contributed by atoms with Crippen molar-refractivity contribution in [3.8, 4) is 0 Å². The Hall–Kier alpha value is -2.44. The van der Waals surface area contributed by atoms with E-state index in [1.54, 1.807) is 12.1 Å². The number of carbonyl (C=O) groups excluding carboxylic acids is 1. The minimum atomic E-state index is -1.13. The number of ether oxygens (including phenoxy) is 1. The number of amides is 1. The zero-order valence-electron chi connectivity index (χ0n) is 13.4. The molecule has 1 aliphatic rings. The molecule has 0 aliphatic carbocycles. The first-order valence-corrected chi connectivity index (χ1v) is 8.24. The number of nitrogens with zero attached hydrogens (tertiary/aromatic N) is 1. The third-order valence-corrected chi connectivity index (χ3v) is 4.59. The summed E-state index contributed by atoms with van der Waals surface area (Å²) in [5.74, 6) is -1.43. The average molecular weight is 361 g/mol. The number of hydrogen-bond acceptors (Lipinski definition) is 4. The van der Waals surface area contributed by atoms with Crippen LogP contribution < -0.4 is 5.32 Å². The highest BCUT2D eigenvalue weighted by Gasteiger charge is 2.36. The maximum Gasteiger partial charge on any atom is 0.354 e. The van der Waals surface area contributed by atoms with Crippen LogP contribution in [0.4, 0.5) is 0 Å². The highest BCUT2D eigenvalue weighted by molar-refractivity contribution is 6.30. The van der Waals surface area contributed by atoms with Crippen molar-refractivity contribution in [2.45, 2.75) is 18.4 Å². The lowest BCUT2D eigenvalue weighted by atomic mass is 9.82. The number of pyridine rings is 1. The molecule has 0 atom stereocenters. The second-order valence-electron chi connectivity index (χ2n) is 5.89. The van der Waals surface area contributed by atoms with Gasteiger partial charge in [0.05, 0.1) is 11.1 Å². The predicted molar refractivity (Wildman–Crippen MR) is 91.8 cm³/mol. The Labute approximate surface area is 149 Å². The lowest BCUT2D eigenvalue weighted by Crippen LogP contribution is -2.49. The van der Waals surface area contributed by atoms with Crippen LogP contribution >= 0.6 is 11.6 Å². The van der Waals surface area contributed by atoms with Gasteiger partial charge in [-0.3, -0.25) is 4.79 Å². The van der Waals surface area contributed by atoms with Gasteiger partial charge >= 0.3 is 5.97 Å². The number of carboxylic acids is 1. The molecule has 2 heterocycles. The lowest BCUT2D eigenvalue weighted by Gasteiger charge is -2.38. The molecule has 2 aromatic rings. The zero-order valence-corrected chi connectivity index (χ0v) is 14.1. The van der Waals surface area contributed by atoms with Gasteiger partial charge in [-0.25, -0.2) is 9.78 Å². The van der Waals surface area contributed by atoms with E-state index in [0.29, 0.717) is 36.6 Å². The Bertz CT molecular complexity index is 769. The summed E-state index contributed by atoms with van der Waals surface area (Å²) in [7, 11) is 0. The minimum Gasteiger partial charge on any atom is -0.477 e. The molecule has 1 amide bonds. The predicted octanol–water partition coefficient (Wildman–Crippen LogP) is 2.87. The molecule has 0 bridgehead atoms. The van der Waals surface area contributed by atoms with Crippen molar-refractivity contribution in [1.82, 2.24) is 10.3 Å². The van der Waals surface area contributed by atoms with E-state index >= 15 is 0 Å². The minimum absolute atomic E-state index is 0.102. The van der Waals surface area contributed by atoms with Crippen LogP contribution in [0.3, 0.4) is 0 Å². The van der Waals surface area contributed by atoms with Crippen molar-refractivity contribution in [3.05, 3.63) is 64.4 Å². The van der Waals surface area contributed by atoms with Crippen LogP contribution in [0, 0.1) is 0 Å². The SMILES string of the molecule is O=C(NC1(c2ccc(Cl)cc2)CCOCC1)c1ccc(C(=O)O)nc1. The Morgan fingerprint density at radius 1 is 1.12 bits per heavy atom. The van der Waals surface area contributed by atoms with Crippen LogP contribution in [0.1, 0.15) is 39.3 Å². The number of nitrogens with one attached hydrogen (secondary N) is 1. The second-order valence-corrected chi connectivity index (χ2v) is 6.33. The molecule has 25 heavy (non-hydrogen) atoms. The third-order valence-electron chi connectivity index (χ3n) is 4.34. The second kappa shape index (κ2) is 7.21. The van der Waals surface area contributed by atoms with Crippen LogP contribution in [-0.2, 0) is 10.3 Å². The van der Waals surface area contributed by atoms with Crippen LogP contribution in [0.15, 0.2) is 42.6 Å². The molecule has 1 aromatic carbocycles. The normalized spacial score (nSPS) is 16.2. The van der Waals surface area contributed by atoms with Crippen LogP contribution in [0.25, 0.3) is 0 Å². The first kappa shape index (κ1) is 17.4. The first-order chi connectivity index (χ1) is 12.0. The van der Waals surface area contributed by atoms with Crippen molar-refractivity contribution in [3.63, 3.8) is 0 Å². The fourth-order valence-corrected chi connectivity index (χ4v) is 3.04. The molecule has 0 unspecified atom stereocenters. The van der Waals surface area contributed by atoms with Crippen molar-refractivity contribution in [1.29, 1.82) is 0 Å². The Morgan fingerprint density at radius 3 is 2.36 bits per heavy atom. The molecule has 130 valence electrons. The fourth-order valence-electron chi connectivity index (χ4n) is 2.92. The van der Waals surface area contributed by atoms with E-state index in [0.717, 1.165) is 5.56 Å². The first-order valence-electron chi connectivity index (χ1n) is 7.86. The highest BCUT2D eigenvalue weighted by atomic mass is 35.5. The molecule has 7 heteroatoms. The summed E-state index contributed by atoms with van der Waals surface area (Å²) in [5.41, 5.74) is 0.620. The number of benzene rings is 1. The number of carbonyl (C=O) groups is 2. The summed E-state index contributed by atoms with van der Waals surface area (Å²) >= 11 is 5.97. The van der Waals surface area contributed by atoms with Gasteiger partial charge in [-0.1, -0.05) is 23.7 Å². The number of aromatic carboxylic acids is 1. The van der Waals surface area contributed by atoms with E-state index in [1.807, 2.05) is 12.1 Å². The Kier molecular flexibility index (Phi) is 5.01. The topological polar surface area (TPSA) is 88.5 Å². The molecule has 1 aliphatic heterocycles. The molecule has 0 spiro atoms. The molecule has 0 saturated carbocycles. The van der Waals surface area contributed by atoms with E-state index in [-0.39, 0.29) is 11.6 Å². The summed E-state index contributed by atoms with van der Waals surface area (Å²) in [6, 6.07) is 10.2. The van der Waals surface area contributed by atoms with E-state index in [4.69, 9.17) is 21.4 Å². The van der Waals surface area contributed by atoms with Crippen molar-refractivity contribution in [2.24, 2.45) is 0 Å². The van der Waals surface area contributed by atoms with Crippen LogP contribution in [0.5, 0.6) is 0 Å². The van der Waals surface area contributed by atoms with Gasteiger partial charge < -0.3 is 15.2 Å². The summed E-state index contributed by atoms with van der Waals surface area (Å²) in [6.07, 6.45) is 2.55. The molecule has 2 N–H and O–H groups in total. The summed E-state index contributed by atoms with van der Waals surface area (Å²) in [4.78, 5) is 27.3. The van der Waals surface area contributed by atoms with Gasteiger partial charge in [0.15, 0.2) is 0 Å². The maximum absolute atomic E-state index is 12.7. The zero-order chi connectivity index (χ0) is 17.9. The summed E-state index contributed by atoms with van der Waals surface area (Å²) < 4.78 is 5.44. The quantitative estimate of drug-likeness (QED) is 0.875. The van der Waals surface area contributed by atoms with Crippen molar-refractivity contribution >= 4 is 23.5 Å². The van der Waals surface area contributed by atoms with Crippen molar-refractivity contribution < 1.29 is 19.4 Å². The number of carboxylic acid groups (broad SMARTS) is 1. The smallest absolute Gasteiger partial charge is 0.354 e. The van der Waals surface area contributed by atoms with Gasteiger partial charge in [-0.05, 0) is 42.7 Å². The van der Waals surface area contributed by atoms with Gasteiger partial charge in [0.1, 0.15) is 5.69 Å². The summed E-state index contributed by atoms with van der Waals surface area (Å²) in [5, 5.41) is 12.6. The number of halogens is 1. The molecule has 1 saturated heterocycles. The Balaban J connectivity index is 1.86. The molecule has 1 aromatic heterocycles. The molecule has 0 radical (unpaired) electrons. The third kappa shape index (κ3) is 3.81. The van der Waals surface area contributed by atoms with Gasteiger partial charge in [0, 0.05) is 24.4 Å². The largest absolute Gasteiger partial charge is 0.477 e. The van der Waals surface area contributed by atoms with Gasteiger partial charge in [0.25, 0.3) is 5.91 Å². The highest BCUT2D eigenvalue weighted by Crippen LogP contribution is 2.33. The standard InChI is InChI=1S/C18H17ClN2O4/c19-14-4-2-13(3-5-14)18(7-9-25-10-8-18)21-16(22)12-1-6-15(17(23)24)20-11-12/h1-6,11H,7-10H2,(H,21,22)(H,23,24). The number of aromatic nitrogens is 1. The monoisotopic (exact) mass is 360 g/mol. The lowest BCUT2D eigenvalue weighted by molar-refractivity contribution is 0.0345. The number of rotatable bonds is 4. The van der Waals surface area contributed by atoms with Gasteiger partial charge in [-0.15, -0.1) is 0 Å². The number of hydrogen-bond donors (Lipinski definition) is 2. The van der Waals surface area contributed by atoms with Crippen LogP contribution in [0.2, 0.25) is 5.02 Å². The molecular formula is C18H17ClN2O4. The molecule has 6 nitrogen and oxygen atoms in total. The Morgan fingerprint density at radius 2 is 1.80 bits per heavy atom. The fraction of sp³-hybridized carbons (Fsp3) is 0.278. The van der Waals surface area contributed by atoms with E-state index < -0.39 is 11.5 Å². The maximum atomic E-state index is 12.7. The van der Waals surface area contributed by atoms with E-state index in [1.165, 1.54) is 18.3 Å². The van der Waals surface area contributed by atoms with Gasteiger partial charge in [0.2, 0.25) is 0 Å².